The second-order valence-corrected chi connectivity index (χ2v) is 17.2. The van der Waals surface area contributed by atoms with E-state index in [-0.39, 0.29) is 23.0 Å². The van der Waals surface area contributed by atoms with Crippen LogP contribution < -0.4 is 20.0 Å². The van der Waals surface area contributed by atoms with Gasteiger partial charge in [-0.05, 0) is 111 Å². The third-order valence-corrected chi connectivity index (χ3v) is 12.7. The lowest BCUT2D eigenvalue weighted by Crippen LogP contribution is -2.61. The van der Waals surface area contributed by atoms with Crippen LogP contribution in [0.5, 0.6) is 0 Å². The molecule has 2 atom stereocenters. The first-order chi connectivity index (χ1) is 25.2. The minimum Gasteiger partial charge on any atom is -0.368 e. The van der Waals surface area contributed by atoms with Gasteiger partial charge in [0.1, 0.15) is 5.82 Å². The first kappa shape index (κ1) is 33.3. The maximum absolute atomic E-state index is 14.2. The van der Waals surface area contributed by atoms with Crippen molar-refractivity contribution in [2.24, 2.45) is 23.2 Å². The van der Waals surface area contributed by atoms with Crippen LogP contribution in [0.25, 0.3) is 0 Å². The number of aromatic nitrogens is 5. The Morgan fingerprint density at radius 2 is 1.58 bits per heavy atom. The smallest absolute Gasteiger partial charge is 0.322 e. The molecule has 0 radical (unpaired) electrons. The first-order valence-electron chi connectivity index (χ1n) is 19.4. The molecule has 10 rings (SSSR count). The lowest BCUT2D eigenvalue weighted by Gasteiger charge is -2.60. The highest BCUT2D eigenvalue weighted by molar-refractivity contribution is 5.98. The van der Waals surface area contributed by atoms with E-state index < -0.39 is 0 Å². The van der Waals surface area contributed by atoms with Gasteiger partial charge in [-0.2, -0.15) is 4.80 Å². The van der Waals surface area contributed by atoms with E-state index in [2.05, 4.69) is 93.6 Å². The van der Waals surface area contributed by atoms with Crippen LogP contribution in [0.1, 0.15) is 64.3 Å². The Balaban J connectivity index is 0.848. The van der Waals surface area contributed by atoms with Crippen LogP contribution in [0, 0.1) is 23.2 Å². The van der Waals surface area contributed by atoms with Crippen molar-refractivity contribution < 1.29 is 4.79 Å². The Morgan fingerprint density at radius 3 is 2.29 bits per heavy atom. The van der Waals surface area contributed by atoms with Gasteiger partial charge in [0, 0.05) is 57.3 Å². The van der Waals surface area contributed by atoms with E-state index >= 15 is 0 Å². The number of benzene rings is 2. The second-order valence-electron chi connectivity index (χ2n) is 17.2. The highest BCUT2D eigenvalue weighted by atomic mass is 16.2. The summed E-state index contributed by atoms with van der Waals surface area (Å²) >= 11 is 0. The molecule has 4 aromatic rings. The van der Waals surface area contributed by atoms with Crippen molar-refractivity contribution in [1.82, 2.24) is 35.4 Å². The van der Waals surface area contributed by atoms with Crippen LogP contribution in [0.2, 0.25) is 0 Å². The molecule has 2 aromatic carbocycles. The maximum atomic E-state index is 14.2. The topological polar surface area (TPSA) is 98.6 Å². The number of amides is 2. The van der Waals surface area contributed by atoms with Gasteiger partial charge < -0.3 is 15.1 Å². The number of nitrogens with one attached hydrogen (secondary N) is 1. The SMILES string of the molecule is CC(C)(C)N1CCN(c2ccc(N3CCN(C(=O)NC4C5CC6CC4CC(Cc4nnn(Cc7ccccc7)n4)(C6)C5)c4ccccc43)nc2)CC1. The number of tetrazole rings is 1. The number of pyridine rings is 1. The fourth-order valence-corrected chi connectivity index (χ4v) is 10.5. The van der Waals surface area contributed by atoms with Gasteiger partial charge >= 0.3 is 6.03 Å². The molecule has 4 aliphatic carbocycles. The van der Waals surface area contributed by atoms with E-state index in [4.69, 9.17) is 10.1 Å². The van der Waals surface area contributed by atoms with E-state index in [9.17, 15) is 4.79 Å². The average Bonchev–Trinajstić information content (AvgIpc) is 3.58. The number of hydrogen-bond acceptors (Lipinski definition) is 8. The van der Waals surface area contributed by atoms with Crippen LogP contribution in [-0.4, -0.2) is 87.0 Å². The summed E-state index contributed by atoms with van der Waals surface area (Å²) in [5, 5.41) is 17.3. The lowest BCUT2D eigenvalue weighted by atomic mass is 9.47. The third-order valence-electron chi connectivity index (χ3n) is 12.7. The van der Waals surface area contributed by atoms with Crippen molar-refractivity contribution in [3.05, 3.63) is 84.3 Å². The molecular formula is C41H52N10O. The van der Waals surface area contributed by atoms with E-state index in [1.165, 1.54) is 30.5 Å². The zero-order valence-corrected chi connectivity index (χ0v) is 30.9. The lowest BCUT2D eigenvalue weighted by molar-refractivity contribution is -0.0736. The van der Waals surface area contributed by atoms with Gasteiger partial charge in [-0.3, -0.25) is 9.80 Å². The quantitative estimate of drug-likeness (QED) is 0.246. The van der Waals surface area contributed by atoms with E-state index in [0.29, 0.717) is 31.5 Å². The van der Waals surface area contributed by atoms with Gasteiger partial charge in [0.15, 0.2) is 5.82 Å². The van der Waals surface area contributed by atoms with Crippen molar-refractivity contribution in [2.75, 3.05) is 54.0 Å². The molecule has 2 aromatic heterocycles. The maximum Gasteiger partial charge on any atom is 0.322 e. The zero-order valence-electron chi connectivity index (χ0n) is 30.9. The van der Waals surface area contributed by atoms with Crippen LogP contribution in [0.4, 0.5) is 27.7 Å². The van der Waals surface area contributed by atoms with Crippen LogP contribution >= 0.6 is 0 Å². The summed E-state index contributed by atoms with van der Waals surface area (Å²) in [5.74, 6) is 3.48. The normalized spacial score (nSPS) is 27.2. The van der Waals surface area contributed by atoms with Crippen molar-refractivity contribution in [2.45, 2.75) is 77.4 Å². The number of carbonyl (C=O) groups is 1. The van der Waals surface area contributed by atoms with Gasteiger partial charge in [-0.1, -0.05) is 42.5 Å². The molecule has 11 nitrogen and oxygen atoms in total. The molecule has 2 unspecified atom stereocenters. The van der Waals surface area contributed by atoms with Gasteiger partial charge in [-0.25, -0.2) is 9.78 Å². The van der Waals surface area contributed by atoms with Gasteiger partial charge in [0.05, 0.1) is 29.8 Å². The number of piperazine rings is 1. The number of para-hydroxylation sites is 2. The van der Waals surface area contributed by atoms with Crippen molar-refractivity contribution in [3.8, 4) is 0 Å². The molecule has 6 aliphatic rings. The van der Waals surface area contributed by atoms with Gasteiger partial charge in [0.25, 0.3) is 0 Å². The Hall–Kier alpha value is -4.51. The van der Waals surface area contributed by atoms with E-state index in [1.807, 2.05) is 35.4 Å². The number of carbonyl (C=O) groups excluding carboxylic acids is 1. The van der Waals surface area contributed by atoms with Gasteiger partial charge in [0.2, 0.25) is 0 Å². The molecule has 4 bridgehead atoms. The standard InChI is InChI=1S/C41H52N10O/c1-40(2,3)48-17-15-47(16-18-48)33-13-14-37(42-27-33)49-19-20-50(35-12-8-7-11-34(35)49)39(52)43-38-31-21-30-22-32(38)25-41(23-30,24-31)26-36-44-46-51(45-36)28-29-9-5-4-6-10-29/h4-14,27,30-32,38H,15-26,28H2,1-3H3,(H,43,52). The summed E-state index contributed by atoms with van der Waals surface area (Å²) < 4.78 is 0. The third kappa shape index (κ3) is 6.41. The molecule has 11 heteroatoms. The highest BCUT2D eigenvalue weighted by Crippen LogP contribution is 2.61. The zero-order chi connectivity index (χ0) is 35.5. The predicted octanol–water partition coefficient (Wildman–Crippen LogP) is 6.14. The largest absolute Gasteiger partial charge is 0.368 e. The summed E-state index contributed by atoms with van der Waals surface area (Å²) in [5.41, 5.74) is 4.73. The van der Waals surface area contributed by atoms with Crippen LogP contribution in [-0.2, 0) is 13.0 Å². The summed E-state index contributed by atoms with van der Waals surface area (Å²) in [7, 11) is 0. The number of nitrogens with zero attached hydrogens (tertiary/aromatic N) is 9. The molecule has 272 valence electrons. The second kappa shape index (κ2) is 13.2. The molecule has 4 saturated carbocycles. The molecule has 0 spiro atoms. The Morgan fingerprint density at radius 1 is 0.846 bits per heavy atom. The number of urea groups is 1. The van der Waals surface area contributed by atoms with Crippen molar-refractivity contribution in [1.29, 1.82) is 0 Å². The minimum absolute atomic E-state index is 0.0295. The Kier molecular flexibility index (Phi) is 8.44. The van der Waals surface area contributed by atoms with Crippen molar-refractivity contribution >= 4 is 28.9 Å². The summed E-state index contributed by atoms with van der Waals surface area (Å²) in [6, 6.07) is 23.2. The monoisotopic (exact) mass is 700 g/mol. The average molecular weight is 701 g/mol. The fourth-order valence-electron chi connectivity index (χ4n) is 10.5. The minimum atomic E-state index is 0.0295. The number of fused-ring (bicyclic) bond motifs is 1. The Labute approximate surface area is 307 Å². The molecule has 4 heterocycles. The van der Waals surface area contributed by atoms with Crippen LogP contribution in [0.15, 0.2) is 72.9 Å². The first-order valence-corrected chi connectivity index (χ1v) is 19.4. The van der Waals surface area contributed by atoms with E-state index in [0.717, 1.165) is 74.4 Å². The van der Waals surface area contributed by atoms with Crippen molar-refractivity contribution in [3.63, 3.8) is 0 Å². The molecule has 52 heavy (non-hydrogen) atoms. The summed E-state index contributed by atoms with van der Waals surface area (Å²) in [4.78, 5) is 30.1. The number of rotatable bonds is 7. The molecular weight excluding hydrogens is 649 g/mol. The molecule has 2 aliphatic heterocycles. The van der Waals surface area contributed by atoms with Gasteiger partial charge in [-0.15, -0.1) is 10.2 Å². The van der Waals surface area contributed by atoms with Crippen LogP contribution in [0.3, 0.4) is 0 Å². The summed E-state index contributed by atoms with van der Waals surface area (Å²) in [6.07, 6.45) is 8.79. The van der Waals surface area contributed by atoms with E-state index in [1.54, 1.807) is 4.80 Å². The fraction of sp³-hybridized carbons (Fsp3) is 0.537. The molecule has 2 amide bonds. The molecule has 5 fully saturated rings. The molecule has 1 saturated heterocycles. The predicted molar refractivity (Wildman–Crippen MR) is 204 cm³/mol. The molecule has 1 N–H and O–H groups in total. The summed E-state index contributed by atoms with van der Waals surface area (Å²) in [6.45, 7) is 13.0. The number of anilines is 4. The number of hydrogen-bond donors (Lipinski definition) is 1. The highest BCUT2D eigenvalue weighted by Gasteiger charge is 2.56. The Bertz CT molecular complexity index is 1860.